The number of likely N-dealkylation sites (tertiary alicyclic amines) is 1. The van der Waals surface area contributed by atoms with Crippen LogP contribution in [0.15, 0.2) is 18.3 Å². The van der Waals surface area contributed by atoms with Gasteiger partial charge in [0.25, 0.3) is 0 Å². The van der Waals surface area contributed by atoms with Gasteiger partial charge in [0.2, 0.25) is 0 Å². The summed E-state index contributed by atoms with van der Waals surface area (Å²) in [6.45, 7) is 1.67. The van der Waals surface area contributed by atoms with Crippen molar-refractivity contribution in [2.24, 2.45) is 0 Å². The van der Waals surface area contributed by atoms with Crippen molar-refractivity contribution < 1.29 is 9.90 Å². The molecule has 0 aliphatic carbocycles. The molecule has 1 aliphatic rings. The Labute approximate surface area is 107 Å². The van der Waals surface area contributed by atoms with Crippen molar-refractivity contribution in [3.05, 3.63) is 23.9 Å². The Balaban J connectivity index is 2.21. The molecular formula is C13H19N3O2. The highest BCUT2D eigenvalue weighted by molar-refractivity contribution is 5.75. The van der Waals surface area contributed by atoms with Crippen molar-refractivity contribution in [1.82, 2.24) is 9.88 Å². The predicted octanol–water partition coefficient (Wildman–Crippen LogP) is 1.67. The number of carbonyl (C=O) groups is 1. The van der Waals surface area contributed by atoms with Crippen LogP contribution in [0.4, 0.5) is 5.82 Å². The van der Waals surface area contributed by atoms with E-state index in [2.05, 4.69) is 4.98 Å². The van der Waals surface area contributed by atoms with Gasteiger partial charge in [-0.15, -0.1) is 0 Å². The molecular weight excluding hydrogens is 230 g/mol. The van der Waals surface area contributed by atoms with E-state index in [1.165, 1.54) is 12.8 Å². The largest absolute Gasteiger partial charge is 0.480 e. The normalized spacial score (nSPS) is 19.1. The molecule has 0 aromatic carbocycles. The standard InChI is InChI=1S/C13H19N3O2/c14-11-6-5-10(9-15-11)12(13(17)18)16-7-3-1-2-4-8-16/h5-6,9,12H,1-4,7-8H2,(H2,14,15)(H,17,18)/t12-/m0/s1. The highest BCUT2D eigenvalue weighted by atomic mass is 16.4. The van der Waals surface area contributed by atoms with E-state index in [0.29, 0.717) is 11.4 Å². The molecule has 1 aromatic heterocycles. The molecule has 0 saturated carbocycles. The molecule has 1 aromatic rings. The SMILES string of the molecule is Nc1ccc([C@@H](C(=O)O)N2CCCCCC2)cn1. The lowest BCUT2D eigenvalue weighted by atomic mass is 10.1. The van der Waals surface area contributed by atoms with E-state index in [1.54, 1.807) is 18.3 Å². The number of pyridine rings is 1. The molecule has 2 rings (SSSR count). The van der Waals surface area contributed by atoms with E-state index in [-0.39, 0.29) is 0 Å². The molecule has 18 heavy (non-hydrogen) atoms. The number of aliphatic carboxylic acids is 1. The molecule has 5 heteroatoms. The summed E-state index contributed by atoms with van der Waals surface area (Å²) in [5, 5.41) is 9.44. The third kappa shape index (κ3) is 2.98. The van der Waals surface area contributed by atoms with Gasteiger partial charge < -0.3 is 10.8 Å². The van der Waals surface area contributed by atoms with Crippen LogP contribution in [0, 0.1) is 0 Å². The van der Waals surface area contributed by atoms with E-state index in [1.807, 2.05) is 4.90 Å². The molecule has 0 amide bonds. The van der Waals surface area contributed by atoms with Crippen molar-refractivity contribution in [1.29, 1.82) is 0 Å². The van der Waals surface area contributed by atoms with Crippen molar-refractivity contribution in [2.75, 3.05) is 18.8 Å². The second kappa shape index (κ2) is 5.82. The first-order valence-electron chi connectivity index (χ1n) is 6.37. The van der Waals surface area contributed by atoms with Crippen molar-refractivity contribution >= 4 is 11.8 Å². The van der Waals surface area contributed by atoms with Crippen LogP contribution in [0.5, 0.6) is 0 Å². The molecule has 1 fully saturated rings. The smallest absolute Gasteiger partial charge is 0.325 e. The van der Waals surface area contributed by atoms with E-state index in [4.69, 9.17) is 5.73 Å². The zero-order valence-electron chi connectivity index (χ0n) is 10.4. The van der Waals surface area contributed by atoms with Gasteiger partial charge in [-0.1, -0.05) is 18.9 Å². The fourth-order valence-electron chi connectivity index (χ4n) is 2.44. The van der Waals surface area contributed by atoms with Crippen LogP contribution in [0.25, 0.3) is 0 Å². The number of carboxylic acid groups (broad SMARTS) is 1. The topological polar surface area (TPSA) is 79.5 Å². The van der Waals surface area contributed by atoms with Gasteiger partial charge >= 0.3 is 5.97 Å². The van der Waals surface area contributed by atoms with E-state index >= 15 is 0 Å². The second-order valence-electron chi connectivity index (χ2n) is 4.71. The maximum atomic E-state index is 11.5. The average molecular weight is 249 g/mol. The fourth-order valence-corrected chi connectivity index (χ4v) is 2.44. The zero-order valence-corrected chi connectivity index (χ0v) is 10.4. The van der Waals surface area contributed by atoms with E-state index in [9.17, 15) is 9.90 Å². The summed E-state index contributed by atoms with van der Waals surface area (Å²) in [6.07, 6.45) is 6.06. The lowest BCUT2D eigenvalue weighted by Gasteiger charge is -2.27. The molecule has 0 spiro atoms. The Hall–Kier alpha value is -1.62. The number of rotatable bonds is 3. The van der Waals surface area contributed by atoms with Crippen LogP contribution in [0.1, 0.15) is 37.3 Å². The lowest BCUT2D eigenvalue weighted by Crippen LogP contribution is -2.35. The first kappa shape index (κ1) is 12.8. The van der Waals surface area contributed by atoms with Gasteiger partial charge in [0.05, 0.1) is 0 Å². The summed E-state index contributed by atoms with van der Waals surface area (Å²) >= 11 is 0. The van der Waals surface area contributed by atoms with Crippen LogP contribution in [0.3, 0.4) is 0 Å². The summed E-state index contributed by atoms with van der Waals surface area (Å²) in [6, 6.07) is 2.81. The molecule has 0 radical (unpaired) electrons. The van der Waals surface area contributed by atoms with Gasteiger partial charge in [-0.05, 0) is 37.6 Å². The van der Waals surface area contributed by atoms with Crippen LogP contribution in [-0.2, 0) is 4.79 Å². The minimum atomic E-state index is -0.816. The molecule has 1 saturated heterocycles. The third-order valence-corrected chi connectivity index (χ3v) is 3.36. The van der Waals surface area contributed by atoms with Crippen molar-refractivity contribution in [3.8, 4) is 0 Å². The van der Waals surface area contributed by atoms with Gasteiger partial charge in [0, 0.05) is 6.20 Å². The van der Waals surface area contributed by atoms with Crippen LogP contribution in [-0.4, -0.2) is 34.0 Å². The summed E-state index contributed by atoms with van der Waals surface area (Å²) in [4.78, 5) is 17.5. The lowest BCUT2D eigenvalue weighted by molar-refractivity contribution is -0.143. The molecule has 98 valence electrons. The number of carboxylic acids is 1. The maximum absolute atomic E-state index is 11.5. The molecule has 0 bridgehead atoms. The van der Waals surface area contributed by atoms with Crippen LogP contribution < -0.4 is 5.73 Å². The number of nitrogens with zero attached hydrogens (tertiary/aromatic N) is 2. The minimum Gasteiger partial charge on any atom is -0.480 e. The Morgan fingerprint density at radius 1 is 1.28 bits per heavy atom. The molecule has 0 unspecified atom stereocenters. The van der Waals surface area contributed by atoms with Gasteiger partial charge in [-0.2, -0.15) is 0 Å². The minimum absolute atomic E-state index is 0.416. The van der Waals surface area contributed by atoms with Gasteiger partial charge in [0.1, 0.15) is 11.9 Å². The predicted molar refractivity (Wildman–Crippen MR) is 69.1 cm³/mol. The number of anilines is 1. The van der Waals surface area contributed by atoms with Gasteiger partial charge in [-0.25, -0.2) is 4.98 Å². The average Bonchev–Trinajstić information content (AvgIpc) is 2.60. The molecule has 1 aliphatic heterocycles. The highest BCUT2D eigenvalue weighted by Gasteiger charge is 2.27. The van der Waals surface area contributed by atoms with Crippen molar-refractivity contribution in [2.45, 2.75) is 31.7 Å². The van der Waals surface area contributed by atoms with Crippen molar-refractivity contribution in [3.63, 3.8) is 0 Å². The number of hydrogen-bond donors (Lipinski definition) is 2. The van der Waals surface area contributed by atoms with Crippen LogP contribution >= 0.6 is 0 Å². The third-order valence-electron chi connectivity index (χ3n) is 3.36. The Morgan fingerprint density at radius 2 is 1.94 bits per heavy atom. The number of nitrogens with two attached hydrogens (primary N) is 1. The Bertz CT molecular complexity index is 397. The van der Waals surface area contributed by atoms with E-state index < -0.39 is 12.0 Å². The Kier molecular flexibility index (Phi) is 4.15. The number of nitrogen functional groups attached to an aromatic ring is 1. The quantitative estimate of drug-likeness (QED) is 0.851. The molecule has 2 heterocycles. The molecule has 1 atom stereocenters. The summed E-state index contributed by atoms with van der Waals surface area (Å²) in [7, 11) is 0. The maximum Gasteiger partial charge on any atom is 0.325 e. The summed E-state index contributed by atoms with van der Waals surface area (Å²) in [5.41, 5.74) is 6.24. The monoisotopic (exact) mass is 249 g/mol. The molecule has 5 nitrogen and oxygen atoms in total. The zero-order chi connectivity index (χ0) is 13.0. The molecule has 3 N–H and O–H groups in total. The van der Waals surface area contributed by atoms with E-state index in [0.717, 1.165) is 25.9 Å². The number of hydrogen-bond acceptors (Lipinski definition) is 4. The first-order valence-corrected chi connectivity index (χ1v) is 6.37. The second-order valence-corrected chi connectivity index (χ2v) is 4.71. The fraction of sp³-hybridized carbons (Fsp3) is 0.538. The van der Waals surface area contributed by atoms with Gasteiger partial charge in [-0.3, -0.25) is 9.69 Å². The van der Waals surface area contributed by atoms with Crippen LogP contribution in [0.2, 0.25) is 0 Å². The summed E-state index contributed by atoms with van der Waals surface area (Å²) in [5.74, 6) is -0.401. The first-order chi connectivity index (χ1) is 8.68. The Morgan fingerprint density at radius 3 is 2.44 bits per heavy atom. The summed E-state index contributed by atoms with van der Waals surface area (Å²) < 4.78 is 0. The van der Waals surface area contributed by atoms with Gasteiger partial charge in [0.15, 0.2) is 0 Å². The number of aromatic nitrogens is 1. The highest BCUT2D eigenvalue weighted by Crippen LogP contribution is 2.24.